The number of amides is 2. The molecule has 0 saturated carbocycles. The minimum absolute atomic E-state index is 0.0417. The van der Waals surface area contributed by atoms with Gasteiger partial charge >= 0.3 is 5.97 Å². The second-order valence-corrected chi connectivity index (χ2v) is 9.91. The summed E-state index contributed by atoms with van der Waals surface area (Å²) in [5.74, 6) is -5.60. The van der Waals surface area contributed by atoms with Gasteiger partial charge in [0.25, 0.3) is 5.69 Å². The van der Waals surface area contributed by atoms with E-state index >= 15 is 0 Å². The van der Waals surface area contributed by atoms with E-state index in [1.54, 1.807) is 30.3 Å². The molecule has 0 aliphatic carbocycles. The van der Waals surface area contributed by atoms with Gasteiger partial charge in [-0.25, -0.2) is 9.69 Å². The van der Waals surface area contributed by atoms with Crippen molar-refractivity contribution in [3.63, 3.8) is 0 Å². The largest absolute Gasteiger partial charge is 0.480 e. The molecular formula is C25H16Cl3N3O6. The summed E-state index contributed by atoms with van der Waals surface area (Å²) < 4.78 is 0. The summed E-state index contributed by atoms with van der Waals surface area (Å²) in [6.45, 7) is 0. The predicted octanol–water partition coefficient (Wildman–Crippen LogP) is 4.99. The maximum Gasteiger partial charge on any atom is 0.329 e. The molecule has 2 aliphatic rings. The van der Waals surface area contributed by atoms with Crippen LogP contribution in [-0.2, 0) is 19.9 Å². The molecule has 9 nitrogen and oxygen atoms in total. The number of nitrogens with one attached hydrogen (secondary N) is 1. The van der Waals surface area contributed by atoms with Crippen LogP contribution in [0.4, 0.5) is 11.4 Å². The number of fused-ring (bicyclic) bond motifs is 1. The standard InChI is InChI=1S/C25H16Cl3N3O6/c26-13-9-16(20(28)17(27)10-13)21-18-19(25(29-21,24(34)35)12-5-2-1-3-6-12)23(33)30(22(18)32)14-7-4-8-15(11-14)31(36)37/h1-11,18-19,21,29H,(H,34,35). The number of carboxylic acid groups (broad SMARTS) is 1. The normalized spacial score (nSPS) is 24.8. The van der Waals surface area contributed by atoms with Crippen molar-refractivity contribution in [2.24, 2.45) is 11.8 Å². The second-order valence-electron chi connectivity index (χ2n) is 8.68. The summed E-state index contributed by atoms with van der Waals surface area (Å²) in [4.78, 5) is 52.3. The van der Waals surface area contributed by atoms with E-state index in [1.807, 2.05) is 0 Å². The fourth-order valence-electron chi connectivity index (χ4n) is 5.26. The number of halogens is 3. The topological polar surface area (TPSA) is 130 Å². The lowest BCUT2D eigenvalue weighted by atomic mass is 9.75. The molecule has 188 valence electrons. The van der Waals surface area contributed by atoms with Gasteiger partial charge in [0, 0.05) is 23.2 Å². The van der Waals surface area contributed by atoms with Crippen LogP contribution in [0.2, 0.25) is 15.1 Å². The Kier molecular flexibility index (Phi) is 6.19. The number of rotatable bonds is 5. The van der Waals surface area contributed by atoms with E-state index in [2.05, 4.69) is 5.32 Å². The molecule has 0 bridgehead atoms. The van der Waals surface area contributed by atoms with E-state index in [0.29, 0.717) is 0 Å². The zero-order chi connectivity index (χ0) is 26.6. The summed E-state index contributed by atoms with van der Waals surface area (Å²) >= 11 is 18.9. The van der Waals surface area contributed by atoms with Crippen LogP contribution in [0.1, 0.15) is 17.2 Å². The predicted molar refractivity (Wildman–Crippen MR) is 136 cm³/mol. The number of imide groups is 1. The number of aliphatic carboxylic acids is 1. The van der Waals surface area contributed by atoms with Crippen LogP contribution in [0.15, 0.2) is 66.7 Å². The number of non-ortho nitro benzene ring substituents is 1. The number of hydrogen-bond acceptors (Lipinski definition) is 6. The van der Waals surface area contributed by atoms with Gasteiger partial charge in [-0.1, -0.05) is 71.2 Å². The number of carbonyl (C=O) groups excluding carboxylic acids is 2. The van der Waals surface area contributed by atoms with E-state index < -0.39 is 46.1 Å². The van der Waals surface area contributed by atoms with E-state index in [4.69, 9.17) is 34.8 Å². The number of nitro groups is 1. The monoisotopic (exact) mass is 559 g/mol. The van der Waals surface area contributed by atoms with Crippen molar-refractivity contribution in [3.05, 3.63) is 103 Å². The molecule has 3 aromatic rings. The third-order valence-corrected chi connectivity index (χ3v) is 7.82. The first-order valence-corrected chi connectivity index (χ1v) is 12.0. The zero-order valence-electron chi connectivity index (χ0n) is 18.6. The molecule has 2 amide bonds. The Morgan fingerprint density at radius 2 is 1.70 bits per heavy atom. The Balaban J connectivity index is 1.75. The summed E-state index contributed by atoms with van der Waals surface area (Å²) in [5.41, 5.74) is -1.92. The molecule has 0 spiro atoms. The first kappa shape index (κ1) is 25.2. The maximum absolute atomic E-state index is 13.9. The van der Waals surface area contributed by atoms with Crippen molar-refractivity contribution < 1.29 is 24.4 Å². The first-order chi connectivity index (χ1) is 17.6. The Morgan fingerprint density at radius 3 is 2.35 bits per heavy atom. The van der Waals surface area contributed by atoms with Crippen molar-refractivity contribution in [2.75, 3.05) is 4.90 Å². The van der Waals surface area contributed by atoms with Crippen LogP contribution in [0, 0.1) is 22.0 Å². The third kappa shape index (κ3) is 3.77. The summed E-state index contributed by atoms with van der Waals surface area (Å²) in [5, 5.41) is 25.2. The fraction of sp³-hybridized carbons (Fsp3) is 0.160. The molecular weight excluding hydrogens is 545 g/mol. The Hall–Kier alpha value is -3.50. The maximum atomic E-state index is 13.9. The van der Waals surface area contributed by atoms with Gasteiger partial charge in [0.1, 0.15) is 0 Å². The summed E-state index contributed by atoms with van der Waals surface area (Å²) in [6, 6.07) is 14.8. The van der Waals surface area contributed by atoms with E-state index in [0.717, 1.165) is 11.0 Å². The lowest BCUT2D eigenvalue weighted by molar-refractivity contribution is -0.384. The fourth-order valence-corrected chi connectivity index (χ4v) is 6.00. The van der Waals surface area contributed by atoms with Gasteiger partial charge in [-0.2, -0.15) is 0 Å². The molecule has 2 saturated heterocycles. The first-order valence-electron chi connectivity index (χ1n) is 10.9. The van der Waals surface area contributed by atoms with Gasteiger partial charge in [0.2, 0.25) is 11.8 Å². The number of carboxylic acids is 1. The smallest absolute Gasteiger partial charge is 0.329 e. The molecule has 0 aromatic heterocycles. The van der Waals surface area contributed by atoms with Crippen LogP contribution < -0.4 is 10.2 Å². The van der Waals surface area contributed by atoms with Gasteiger partial charge in [-0.15, -0.1) is 0 Å². The molecule has 37 heavy (non-hydrogen) atoms. The van der Waals surface area contributed by atoms with Crippen molar-refractivity contribution in [1.29, 1.82) is 0 Å². The Bertz CT molecular complexity index is 1480. The SMILES string of the molecule is O=C1C2C(c3cc(Cl)cc(Cl)c3Cl)NC(C(=O)O)(c3ccccc3)C2C(=O)N1c1cccc([N+](=O)[O-])c1. The van der Waals surface area contributed by atoms with Crippen LogP contribution in [0.5, 0.6) is 0 Å². The molecule has 3 aromatic carbocycles. The van der Waals surface area contributed by atoms with Gasteiger partial charge in [0.15, 0.2) is 5.54 Å². The van der Waals surface area contributed by atoms with Crippen molar-refractivity contribution in [3.8, 4) is 0 Å². The third-order valence-electron chi connectivity index (χ3n) is 6.78. The summed E-state index contributed by atoms with van der Waals surface area (Å²) in [6.07, 6.45) is 0. The molecule has 2 aliphatic heterocycles. The van der Waals surface area contributed by atoms with Gasteiger partial charge in [0.05, 0.1) is 32.5 Å². The molecule has 12 heteroatoms. The zero-order valence-corrected chi connectivity index (χ0v) is 20.9. The van der Waals surface area contributed by atoms with E-state index in [9.17, 15) is 29.6 Å². The summed E-state index contributed by atoms with van der Waals surface area (Å²) in [7, 11) is 0. The molecule has 2 heterocycles. The minimum atomic E-state index is -2.03. The van der Waals surface area contributed by atoms with Gasteiger partial charge in [-0.3, -0.25) is 25.0 Å². The minimum Gasteiger partial charge on any atom is -0.480 e. The second kappa shape index (κ2) is 9.11. The number of nitro benzene ring substituents is 1. The molecule has 4 atom stereocenters. The van der Waals surface area contributed by atoms with E-state index in [1.165, 1.54) is 30.3 Å². The highest BCUT2D eigenvalue weighted by Crippen LogP contribution is 2.55. The molecule has 2 fully saturated rings. The average Bonchev–Trinajstić information content (AvgIpc) is 3.36. The van der Waals surface area contributed by atoms with Crippen LogP contribution in [0.25, 0.3) is 0 Å². The lowest BCUT2D eigenvalue weighted by Crippen LogP contribution is -2.53. The Morgan fingerprint density at radius 1 is 1.00 bits per heavy atom. The highest BCUT2D eigenvalue weighted by Gasteiger charge is 2.69. The number of carbonyl (C=O) groups is 3. The number of hydrogen-bond donors (Lipinski definition) is 2. The lowest BCUT2D eigenvalue weighted by Gasteiger charge is -2.31. The number of nitrogens with zero attached hydrogens (tertiary/aromatic N) is 2. The molecule has 5 rings (SSSR count). The highest BCUT2D eigenvalue weighted by atomic mass is 35.5. The molecule has 2 N–H and O–H groups in total. The Labute approximate surface area is 224 Å². The van der Waals surface area contributed by atoms with Crippen molar-refractivity contribution in [1.82, 2.24) is 5.32 Å². The van der Waals surface area contributed by atoms with Gasteiger partial charge in [-0.05, 0) is 29.3 Å². The van der Waals surface area contributed by atoms with Crippen molar-refractivity contribution >= 4 is 64.0 Å². The average molecular weight is 561 g/mol. The molecule has 4 unspecified atom stereocenters. The van der Waals surface area contributed by atoms with Crippen molar-refractivity contribution in [2.45, 2.75) is 11.6 Å². The van der Waals surface area contributed by atoms with Crippen LogP contribution in [-0.4, -0.2) is 27.8 Å². The quantitative estimate of drug-likeness (QED) is 0.195. The number of benzene rings is 3. The van der Waals surface area contributed by atoms with E-state index in [-0.39, 0.29) is 37.6 Å². The number of anilines is 1. The van der Waals surface area contributed by atoms with Crippen LogP contribution >= 0.6 is 34.8 Å². The highest BCUT2D eigenvalue weighted by molar-refractivity contribution is 6.43. The molecule has 0 radical (unpaired) electrons. The van der Waals surface area contributed by atoms with Gasteiger partial charge < -0.3 is 5.11 Å². The van der Waals surface area contributed by atoms with Crippen LogP contribution in [0.3, 0.4) is 0 Å².